The van der Waals surface area contributed by atoms with E-state index < -0.39 is 5.43 Å². The van der Waals surface area contributed by atoms with Crippen molar-refractivity contribution in [3.8, 4) is 17.2 Å². The third kappa shape index (κ3) is 3.71. The number of phenols is 2. The number of ether oxygens (including phenoxy) is 1. The van der Waals surface area contributed by atoms with Crippen LogP contribution in [0.25, 0.3) is 11.0 Å². The summed E-state index contributed by atoms with van der Waals surface area (Å²) in [7, 11) is 1.36. The molecule has 0 aliphatic heterocycles. The van der Waals surface area contributed by atoms with E-state index in [0.29, 0.717) is 24.0 Å². The Morgan fingerprint density at radius 3 is 2.12 bits per heavy atom. The van der Waals surface area contributed by atoms with Gasteiger partial charge in [-0.2, -0.15) is 0 Å². The molecule has 0 saturated heterocycles. The highest BCUT2D eigenvalue weighted by molar-refractivity contribution is 5.91. The van der Waals surface area contributed by atoms with Crippen molar-refractivity contribution in [2.45, 2.75) is 40.5 Å². The Labute approximate surface area is 146 Å². The first-order valence-electron chi connectivity index (χ1n) is 8.09. The summed E-state index contributed by atoms with van der Waals surface area (Å²) in [5.74, 6) is -0.304. The average Bonchev–Trinajstić information content (AvgIpc) is 2.53. The van der Waals surface area contributed by atoms with Crippen LogP contribution in [0.15, 0.2) is 38.8 Å². The van der Waals surface area contributed by atoms with Crippen LogP contribution in [-0.2, 0) is 12.8 Å². The van der Waals surface area contributed by atoms with Crippen molar-refractivity contribution in [2.75, 3.05) is 7.11 Å². The minimum absolute atomic E-state index is 0.00909. The Bertz CT molecular complexity index is 908. The van der Waals surface area contributed by atoms with Crippen molar-refractivity contribution in [1.29, 1.82) is 0 Å². The molecule has 2 rings (SSSR count). The normalized spacial score (nSPS) is 10.6. The second-order valence-corrected chi connectivity index (χ2v) is 6.46. The maximum atomic E-state index is 12.6. The highest BCUT2D eigenvalue weighted by atomic mass is 16.5. The summed E-state index contributed by atoms with van der Waals surface area (Å²) in [5.41, 5.74) is 2.62. The second kappa shape index (κ2) is 7.47. The number of allylic oxidation sites excluding steroid dienone is 4. The maximum absolute atomic E-state index is 12.6. The van der Waals surface area contributed by atoms with Gasteiger partial charge in [-0.05, 0) is 40.5 Å². The summed E-state index contributed by atoms with van der Waals surface area (Å²) in [5, 5.41) is 21.4. The van der Waals surface area contributed by atoms with Crippen molar-refractivity contribution in [3.63, 3.8) is 0 Å². The molecule has 0 spiro atoms. The number of hydrogen-bond donors (Lipinski definition) is 2. The molecule has 1 heterocycles. The molecule has 0 radical (unpaired) electrons. The van der Waals surface area contributed by atoms with E-state index in [1.807, 2.05) is 39.8 Å². The Hall–Kier alpha value is -2.69. The summed E-state index contributed by atoms with van der Waals surface area (Å²) in [6, 6.07) is 0. The zero-order chi connectivity index (χ0) is 18.7. The van der Waals surface area contributed by atoms with Gasteiger partial charge in [0.05, 0.1) is 7.11 Å². The molecule has 5 nitrogen and oxygen atoms in total. The molecular formula is C20H24O5. The number of methoxy groups -OCH3 is 1. The zero-order valence-electron chi connectivity index (χ0n) is 15.3. The molecule has 0 fully saturated rings. The number of benzene rings is 1. The van der Waals surface area contributed by atoms with Gasteiger partial charge in [0.2, 0.25) is 11.2 Å². The summed E-state index contributed by atoms with van der Waals surface area (Å²) < 4.78 is 10.5. The molecule has 0 amide bonds. The molecular weight excluding hydrogens is 320 g/mol. The van der Waals surface area contributed by atoms with Gasteiger partial charge in [-0.15, -0.1) is 0 Å². The number of hydrogen-bond acceptors (Lipinski definition) is 5. The van der Waals surface area contributed by atoms with Gasteiger partial charge < -0.3 is 19.4 Å². The van der Waals surface area contributed by atoms with Gasteiger partial charge in [-0.1, -0.05) is 23.3 Å². The number of fused-ring (bicyclic) bond motifs is 1. The molecule has 1 aromatic carbocycles. The van der Waals surface area contributed by atoms with Crippen LogP contribution in [0.1, 0.15) is 38.8 Å². The van der Waals surface area contributed by atoms with Gasteiger partial charge in [-0.25, -0.2) is 0 Å². The number of rotatable bonds is 5. The fourth-order valence-electron chi connectivity index (χ4n) is 2.58. The van der Waals surface area contributed by atoms with Crippen LogP contribution >= 0.6 is 0 Å². The smallest absolute Gasteiger partial charge is 0.238 e. The summed E-state index contributed by atoms with van der Waals surface area (Å²) in [6.45, 7) is 7.75. The first kappa shape index (κ1) is 18.6. The first-order chi connectivity index (χ1) is 11.8. The third-order valence-electron chi connectivity index (χ3n) is 3.98. The molecule has 0 aliphatic carbocycles. The molecule has 2 N–H and O–H groups in total. The summed E-state index contributed by atoms with van der Waals surface area (Å²) >= 11 is 0. The van der Waals surface area contributed by atoms with Gasteiger partial charge in [0.25, 0.3) is 0 Å². The van der Waals surface area contributed by atoms with Crippen molar-refractivity contribution in [1.82, 2.24) is 0 Å². The minimum atomic E-state index is -0.460. The highest BCUT2D eigenvalue weighted by Crippen LogP contribution is 2.40. The molecule has 25 heavy (non-hydrogen) atoms. The maximum Gasteiger partial charge on any atom is 0.238 e. The molecule has 0 aliphatic rings. The van der Waals surface area contributed by atoms with Crippen molar-refractivity contribution in [2.24, 2.45) is 0 Å². The van der Waals surface area contributed by atoms with E-state index in [-0.39, 0.29) is 28.2 Å². The Morgan fingerprint density at radius 1 is 1.04 bits per heavy atom. The van der Waals surface area contributed by atoms with Crippen LogP contribution in [0.3, 0.4) is 0 Å². The summed E-state index contributed by atoms with van der Waals surface area (Å²) in [6.07, 6.45) is 5.72. The highest BCUT2D eigenvalue weighted by Gasteiger charge is 2.23. The van der Waals surface area contributed by atoms with Crippen LogP contribution in [0.5, 0.6) is 17.2 Å². The second-order valence-electron chi connectivity index (χ2n) is 6.46. The van der Waals surface area contributed by atoms with Gasteiger partial charge in [-0.3, -0.25) is 4.79 Å². The standard InChI is InChI=1S/C20H24O5/c1-11(2)6-8-13-17(21)14(9-7-12(3)4)20-16(18(13)22)19(23)15(24-5)10-25-20/h6-7,10,21-22H,8-9H2,1-5H3. The monoisotopic (exact) mass is 344 g/mol. The SMILES string of the molecule is COc1coc2c(CC=C(C)C)c(O)c(CC=C(C)C)c(O)c2c1=O. The molecule has 2 aromatic rings. The van der Waals surface area contributed by atoms with Gasteiger partial charge in [0.15, 0.2) is 0 Å². The molecule has 0 unspecified atom stereocenters. The van der Waals surface area contributed by atoms with Crippen LogP contribution in [-0.4, -0.2) is 17.3 Å². The lowest BCUT2D eigenvalue weighted by Crippen LogP contribution is -2.08. The predicted molar refractivity (Wildman–Crippen MR) is 98.6 cm³/mol. The molecule has 134 valence electrons. The van der Waals surface area contributed by atoms with E-state index in [1.54, 1.807) is 0 Å². The fraction of sp³-hybridized carbons (Fsp3) is 0.350. The Kier molecular flexibility index (Phi) is 5.57. The number of phenolic OH excluding ortho intramolecular Hbond substituents is 2. The van der Waals surface area contributed by atoms with Crippen molar-refractivity contribution in [3.05, 3.63) is 50.9 Å². The van der Waals surface area contributed by atoms with Crippen molar-refractivity contribution >= 4 is 11.0 Å². The molecule has 0 atom stereocenters. The predicted octanol–water partition coefficient (Wildman–Crippen LogP) is 4.23. The molecule has 0 saturated carbocycles. The lowest BCUT2D eigenvalue weighted by Gasteiger charge is -2.14. The largest absolute Gasteiger partial charge is 0.507 e. The fourth-order valence-corrected chi connectivity index (χ4v) is 2.58. The molecule has 0 bridgehead atoms. The lowest BCUT2D eigenvalue weighted by atomic mass is 9.97. The third-order valence-corrected chi connectivity index (χ3v) is 3.98. The van der Waals surface area contributed by atoms with Crippen LogP contribution in [0, 0.1) is 0 Å². The van der Waals surface area contributed by atoms with E-state index >= 15 is 0 Å². The van der Waals surface area contributed by atoms with Gasteiger partial charge >= 0.3 is 0 Å². The van der Waals surface area contributed by atoms with Crippen LogP contribution in [0.4, 0.5) is 0 Å². The van der Waals surface area contributed by atoms with E-state index in [4.69, 9.17) is 9.15 Å². The number of aromatic hydroxyl groups is 2. The summed E-state index contributed by atoms with van der Waals surface area (Å²) in [4.78, 5) is 12.6. The van der Waals surface area contributed by atoms with Crippen LogP contribution in [0.2, 0.25) is 0 Å². The van der Waals surface area contributed by atoms with Gasteiger partial charge in [0, 0.05) is 11.1 Å². The Balaban J connectivity index is 2.88. The molecule has 1 aromatic heterocycles. The zero-order valence-corrected chi connectivity index (χ0v) is 15.3. The van der Waals surface area contributed by atoms with Crippen molar-refractivity contribution < 1.29 is 19.4 Å². The molecule has 5 heteroatoms. The van der Waals surface area contributed by atoms with E-state index in [0.717, 1.165) is 11.1 Å². The Morgan fingerprint density at radius 2 is 1.60 bits per heavy atom. The van der Waals surface area contributed by atoms with Gasteiger partial charge in [0.1, 0.15) is 28.7 Å². The average molecular weight is 344 g/mol. The minimum Gasteiger partial charge on any atom is -0.507 e. The van der Waals surface area contributed by atoms with E-state index in [1.165, 1.54) is 13.4 Å². The topological polar surface area (TPSA) is 79.9 Å². The van der Waals surface area contributed by atoms with E-state index in [9.17, 15) is 15.0 Å². The van der Waals surface area contributed by atoms with E-state index in [2.05, 4.69) is 0 Å². The quantitative estimate of drug-likeness (QED) is 0.794. The first-order valence-corrected chi connectivity index (χ1v) is 8.09. The lowest BCUT2D eigenvalue weighted by molar-refractivity contribution is 0.391. The van der Waals surface area contributed by atoms with Crippen LogP contribution < -0.4 is 10.2 Å².